The Labute approximate surface area is 118 Å². The van der Waals surface area contributed by atoms with E-state index in [9.17, 15) is 0 Å². The minimum absolute atomic E-state index is 0.415. The Hall–Kier alpha value is -1.74. The summed E-state index contributed by atoms with van der Waals surface area (Å²) in [7, 11) is 1.64. The van der Waals surface area contributed by atoms with Gasteiger partial charge in [0.1, 0.15) is 18.1 Å². The molecule has 0 saturated heterocycles. The third-order valence-corrected chi connectivity index (χ3v) is 2.99. The lowest BCUT2D eigenvalue weighted by molar-refractivity contribution is 0.300. The van der Waals surface area contributed by atoms with Crippen molar-refractivity contribution in [1.82, 2.24) is 4.98 Å². The van der Waals surface area contributed by atoms with Gasteiger partial charge in [0.05, 0.1) is 12.8 Å². The number of rotatable bonds is 5. The fourth-order valence-corrected chi connectivity index (χ4v) is 1.90. The molecule has 0 fully saturated rings. The van der Waals surface area contributed by atoms with Gasteiger partial charge in [0.2, 0.25) is 0 Å². The molecule has 0 unspecified atom stereocenters. The lowest BCUT2D eigenvalue weighted by atomic mass is 10.2. The highest BCUT2D eigenvalue weighted by molar-refractivity contribution is 6.17. The van der Waals surface area contributed by atoms with Crippen molar-refractivity contribution >= 4 is 11.6 Å². The van der Waals surface area contributed by atoms with E-state index in [-0.39, 0.29) is 0 Å². The molecule has 2 aromatic rings. The van der Waals surface area contributed by atoms with Crippen LogP contribution in [-0.2, 0) is 12.5 Å². The molecule has 0 N–H and O–H groups in total. The molecule has 4 heteroatoms. The molecule has 1 aromatic carbocycles. The summed E-state index contributed by atoms with van der Waals surface area (Å²) in [5.41, 5.74) is 2.83. The Balaban J connectivity index is 2.03. The summed E-state index contributed by atoms with van der Waals surface area (Å²) in [6, 6.07) is 11.5. The third kappa shape index (κ3) is 3.86. The van der Waals surface area contributed by atoms with Crippen molar-refractivity contribution in [2.45, 2.75) is 19.4 Å². The minimum Gasteiger partial charge on any atom is -0.497 e. The number of hydrogen-bond acceptors (Lipinski definition) is 3. The predicted octanol–water partition coefficient (Wildman–Crippen LogP) is 3.72. The van der Waals surface area contributed by atoms with Crippen LogP contribution >= 0.6 is 11.6 Å². The van der Waals surface area contributed by atoms with Crippen LogP contribution in [0.15, 0.2) is 36.4 Å². The summed E-state index contributed by atoms with van der Waals surface area (Å²) < 4.78 is 10.9. The number of ether oxygens (including phenoxy) is 2. The predicted molar refractivity (Wildman–Crippen MR) is 75.9 cm³/mol. The summed E-state index contributed by atoms with van der Waals surface area (Å²) in [4.78, 5) is 4.40. The second-order valence-corrected chi connectivity index (χ2v) is 4.47. The lowest BCUT2D eigenvalue weighted by Gasteiger charge is -2.08. The van der Waals surface area contributed by atoms with E-state index in [1.165, 1.54) is 0 Å². The molecule has 1 heterocycles. The second kappa shape index (κ2) is 6.43. The SMILES string of the molecule is COc1cc(C)nc(COc2ccc(CCl)cc2)c1. The Morgan fingerprint density at radius 1 is 1.11 bits per heavy atom. The summed E-state index contributed by atoms with van der Waals surface area (Å²) in [5.74, 6) is 2.11. The molecule has 0 saturated carbocycles. The maximum absolute atomic E-state index is 5.74. The first kappa shape index (κ1) is 13.7. The van der Waals surface area contributed by atoms with Crippen LogP contribution < -0.4 is 9.47 Å². The smallest absolute Gasteiger partial charge is 0.130 e. The number of methoxy groups -OCH3 is 1. The molecular weight excluding hydrogens is 262 g/mol. The average molecular weight is 278 g/mol. The van der Waals surface area contributed by atoms with E-state index >= 15 is 0 Å². The number of aromatic nitrogens is 1. The van der Waals surface area contributed by atoms with Crippen molar-refractivity contribution in [3.05, 3.63) is 53.3 Å². The average Bonchev–Trinajstić information content (AvgIpc) is 2.45. The number of benzene rings is 1. The van der Waals surface area contributed by atoms with Gasteiger partial charge in [-0.15, -0.1) is 11.6 Å². The van der Waals surface area contributed by atoms with Crippen LogP contribution in [0.3, 0.4) is 0 Å². The topological polar surface area (TPSA) is 31.4 Å². The quantitative estimate of drug-likeness (QED) is 0.781. The number of halogens is 1. The molecular formula is C15H16ClNO2. The molecule has 0 aliphatic heterocycles. The molecule has 1 aromatic heterocycles. The Morgan fingerprint density at radius 2 is 1.84 bits per heavy atom. The number of nitrogens with zero attached hydrogens (tertiary/aromatic N) is 1. The van der Waals surface area contributed by atoms with E-state index < -0.39 is 0 Å². The van der Waals surface area contributed by atoms with Crippen molar-refractivity contribution in [2.24, 2.45) is 0 Å². The fraction of sp³-hybridized carbons (Fsp3) is 0.267. The van der Waals surface area contributed by atoms with Crippen LogP contribution in [0.4, 0.5) is 0 Å². The lowest BCUT2D eigenvalue weighted by Crippen LogP contribution is -2.00. The molecule has 100 valence electrons. The van der Waals surface area contributed by atoms with Crippen molar-refractivity contribution in [2.75, 3.05) is 7.11 Å². The van der Waals surface area contributed by atoms with Crippen LogP contribution in [-0.4, -0.2) is 12.1 Å². The number of aryl methyl sites for hydroxylation is 1. The van der Waals surface area contributed by atoms with Gasteiger partial charge in [0, 0.05) is 23.7 Å². The summed E-state index contributed by atoms with van der Waals surface area (Å²) in [6.45, 7) is 2.35. The molecule has 0 aliphatic rings. The number of pyridine rings is 1. The highest BCUT2D eigenvalue weighted by atomic mass is 35.5. The summed E-state index contributed by atoms with van der Waals surface area (Å²) >= 11 is 5.74. The molecule has 0 amide bonds. The van der Waals surface area contributed by atoms with Crippen molar-refractivity contribution in [1.29, 1.82) is 0 Å². The highest BCUT2D eigenvalue weighted by Gasteiger charge is 2.02. The molecule has 0 radical (unpaired) electrons. The Bertz CT molecular complexity index is 540. The molecule has 0 spiro atoms. The van der Waals surface area contributed by atoms with Crippen LogP contribution in [0.2, 0.25) is 0 Å². The molecule has 0 atom stereocenters. The Morgan fingerprint density at radius 3 is 2.47 bits per heavy atom. The molecule has 3 nitrogen and oxygen atoms in total. The normalized spacial score (nSPS) is 10.3. The van der Waals surface area contributed by atoms with Gasteiger partial charge in [-0.3, -0.25) is 4.98 Å². The zero-order chi connectivity index (χ0) is 13.7. The standard InChI is InChI=1S/C15H16ClNO2/c1-11-7-15(18-2)8-13(17-11)10-19-14-5-3-12(9-16)4-6-14/h3-8H,9-10H2,1-2H3. The van der Waals surface area contributed by atoms with Crippen LogP contribution in [0.25, 0.3) is 0 Å². The zero-order valence-corrected chi connectivity index (χ0v) is 11.8. The van der Waals surface area contributed by atoms with Gasteiger partial charge in [-0.2, -0.15) is 0 Å². The van der Waals surface area contributed by atoms with E-state index in [4.69, 9.17) is 21.1 Å². The van der Waals surface area contributed by atoms with Crippen LogP contribution in [0, 0.1) is 6.92 Å². The van der Waals surface area contributed by atoms with Crippen molar-refractivity contribution in [3.63, 3.8) is 0 Å². The second-order valence-electron chi connectivity index (χ2n) is 4.21. The maximum atomic E-state index is 5.74. The monoisotopic (exact) mass is 277 g/mol. The van der Waals surface area contributed by atoms with Gasteiger partial charge in [-0.1, -0.05) is 12.1 Å². The van der Waals surface area contributed by atoms with Gasteiger partial charge in [-0.25, -0.2) is 0 Å². The van der Waals surface area contributed by atoms with Crippen molar-refractivity contribution in [3.8, 4) is 11.5 Å². The van der Waals surface area contributed by atoms with Crippen molar-refractivity contribution < 1.29 is 9.47 Å². The molecule has 0 aliphatic carbocycles. The fourth-order valence-electron chi connectivity index (χ4n) is 1.73. The molecule has 2 rings (SSSR count). The van der Waals surface area contributed by atoms with Gasteiger partial charge >= 0.3 is 0 Å². The highest BCUT2D eigenvalue weighted by Crippen LogP contribution is 2.17. The number of hydrogen-bond donors (Lipinski definition) is 0. The van der Waals surface area contributed by atoms with E-state index in [1.54, 1.807) is 7.11 Å². The van der Waals surface area contributed by atoms with Gasteiger partial charge in [0.25, 0.3) is 0 Å². The van der Waals surface area contributed by atoms with Crippen LogP contribution in [0.5, 0.6) is 11.5 Å². The zero-order valence-electron chi connectivity index (χ0n) is 11.0. The molecule has 0 bridgehead atoms. The molecule has 19 heavy (non-hydrogen) atoms. The minimum atomic E-state index is 0.415. The number of alkyl halides is 1. The largest absolute Gasteiger partial charge is 0.497 e. The maximum Gasteiger partial charge on any atom is 0.130 e. The van der Waals surface area contributed by atoms with E-state index in [1.807, 2.05) is 43.3 Å². The van der Waals surface area contributed by atoms with Gasteiger partial charge in [0.15, 0.2) is 0 Å². The van der Waals surface area contributed by atoms with E-state index in [0.717, 1.165) is 28.5 Å². The summed E-state index contributed by atoms with van der Waals surface area (Å²) in [5, 5.41) is 0. The first-order valence-electron chi connectivity index (χ1n) is 6.00. The first-order valence-corrected chi connectivity index (χ1v) is 6.54. The van der Waals surface area contributed by atoms with E-state index in [0.29, 0.717) is 12.5 Å². The van der Waals surface area contributed by atoms with Crippen LogP contribution in [0.1, 0.15) is 17.0 Å². The third-order valence-electron chi connectivity index (χ3n) is 2.68. The Kier molecular flexibility index (Phi) is 4.63. The van der Waals surface area contributed by atoms with E-state index in [2.05, 4.69) is 4.98 Å². The van der Waals surface area contributed by atoms with Gasteiger partial charge in [-0.05, 0) is 24.6 Å². The van der Waals surface area contributed by atoms with Gasteiger partial charge < -0.3 is 9.47 Å². The summed E-state index contributed by atoms with van der Waals surface area (Å²) in [6.07, 6.45) is 0. The first-order chi connectivity index (χ1) is 9.21.